The lowest BCUT2D eigenvalue weighted by molar-refractivity contribution is -0.0203. The third-order valence-electron chi connectivity index (χ3n) is 7.01. The number of rotatable bonds is 0. The molecule has 0 saturated heterocycles. The maximum absolute atomic E-state index is 10.9. The van der Waals surface area contributed by atoms with Crippen molar-refractivity contribution in [1.29, 1.82) is 0 Å². The summed E-state index contributed by atoms with van der Waals surface area (Å²) in [4.78, 5) is 0. The summed E-state index contributed by atoms with van der Waals surface area (Å²) >= 11 is 0. The van der Waals surface area contributed by atoms with Gasteiger partial charge in [-0.3, -0.25) is 0 Å². The van der Waals surface area contributed by atoms with E-state index < -0.39 is 5.60 Å². The van der Waals surface area contributed by atoms with Crippen LogP contribution in [0.2, 0.25) is 0 Å². The van der Waals surface area contributed by atoms with Gasteiger partial charge in [-0.15, -0.1) is 6.42 Å². The van der Waals surface area contributed by atoms with Crippen LogP contribution < -0.4 is 0 Å². The zero-order valence-corrected chi connectivity index (χ0v) is 13.8. The van der Waals surface area contributed by atoms with E-state index in [1.807, 2.05) is 12.2 Å². The second-order valence-corrected chi connectivity index (χ2v) is 8.03. The van der Waals surface area contributed by atoms with Crippen molar-refractivity contribution in [3.8, 4) is 12.3 Å². The monoisotopic (exact) mass is 308 g/mol. The van der Waals surface area contributed by atoms with Crippen LogP contribution in [0.1, 0.15) is 33.1 Å². The van der Waals surface area contributed by atoms with Crippen LogP contribution in [0.25, 0.3) is 0 Å². The fourth-order valence-electron chi connectivity index (χ4n) is 5.32. The summed E-state index contributed by atoms with van der Waals surface area (Å²) in [5, 5.41) is 20.8. The Morgan fingerprint density at radius 1 is 1.22 bits per heavy atom. The number of fused-ring (bicyclic) bond motifs is 5. The van der Waals surface area contributed by atoms with Gasteiger partial charge in [0.25, 0.3) is 0 Å². The summed E-state index contributed by atoms with van der Waals surface area (Å²) in [7, 11) is 0. The van der Waals surface area contributed by atoms with Crippen molar-refractivity contribution in [2.75, 3.05) is 0 Å². The fourth-order valence-corrected chi connectivity index (χ4v) is 5.32. The lowest BCUT2D eigenvalue weighted by atomic mass is 9.51. The van der Waals surface area contributed by atoms with Gasteiger partial charge in [0.1, 0.15) is 5.60 Å². The molecule has 2 heteroatoms. The zero-order valence-electron chi connectivity index (χ0n) is 13.8. The highest BCUT2D eigenvalue weighted by molar-refractivity contribution is 5.47. The van der Waals surface area contributed by atoms with Crippen LogP contribution in [-0.4, -0.2) is 21.9 Å². The first-order chi connectivity index (χ1) is 10.8. The third kappa shape index (κ3) is 1.73. The van der Waals surface area contributed by atoms with Crippen LogP contribution in [0.3, 0.4) is 0 Å². The van der Waals surface area contributed by atoms with Gasteiger partial charge in [-0.1, -0.05) is 61.3 Å². The molecule has 0 bridgehead atoms. The Hall–Kier alpha value is -1.56. The molecule has 4 rings (SSSR count). The molecule has 0 aliphatic heterocycles. The van der Waals surface area contributed by atoms with Crippen molar-refractivity contribution >= 4 is 0 Å². The normalized spacial score (nSPS) is 50.3. The Morgan fingerprint density at radius 2 is 2.00 bits per heavy atom. The second-order valence-electron chi connectivity index (χ2n) is 8.03. The average Bonchev–Trinajstić information content (AvgIpc) is 2.80. The van der Waals surface area contributed by atoms with E-state index in [-0.39, 0.29) is 22.9 Å². The Kier molecular flexibility index (Phi) is 2.93. The lowest BCUT2D eigenvalue weighted by Crippen LogP contribution is -2.50. The fraction of sp³-hybridized carbons (Fsp3) is 0.524. The summed E-state index contributed by atoms with van der Waals surface area (Å²) in [6.45, 7) is 4.41. The molecule has 120 valence electrons. The number of aliphatic hydroxyl groups is 2. The van der Waals surface area contributed by atoms with Crippen molar-refractivity contribution in [3.63, 3.8) is 0 Å². The molecule has 2 N–H and O–H groups in total. The van der Waals surface area contributed by atoms with Crippen LogP contribution in [0, 0.1) is 35.0 Å². The van der Waals surface area contributed by atoms with Crippen LogP contribution in [0.4, 0.5) is 0 Å². The van der Waals surface area contributed by atoms with E-state index in [0.717, 1.165) is 19.3 Å². The predicted octanol–water partition coefficient (Wildman–Crippen LogP) is 3.15. The standard InChI is InChI=1S/C21H24O2/c1-4-21(23)12-9-18-16-6-5-14-13-15(22)7-10-19(14,2)17(16)8-11-20(18,21)3/h1,5-7,9-10,12,15,17-18,22-23H,8,11,13H2,2-3H3/t15-,17?,18?,19-,20-,21-/m0/s1. The molecular formula is C21H24O2. The summed E-state index contributed by atoms with van der Waals surface area (Å²) in [5.74, 6) is 3.24. The number of allylic oxidation sites excluding steroid dienone is 5. The molecule has 0 heterocycles. The molecule has 23 heavy (non-hydrogen) atoms. The highest BCUT2D eigenvalue weighted by Gasteiger charge is 2.59. The Balaban J connectivity index is 1.80. The molecule has 2 unspecified atom stereocenters. The van der Waals surface area contributed by atoms with Gasteiger partial charge < -0.3 is 10.2 Å². The van der Waals surface area contributed by atoms with Gasteiger partial charge in [-0.2, -0.15) is 0 Å². The first kappa shape index (κ1) is 15.0. The number of hydrogen-bond donors (Lipinski definition) is 2. The summed E-state index contributed by atoms with van der Waals surface area (Å²) < 4.78 is 0. The Bertz CT molecular complexity index is 719. The van der Waals surface area contributed by atoms with Gasteiger partial charge in [0.05, 0.1) is 6.10 Å². The highest BCUT2D eigenvalue weighted by atomic mass is 16.3. The highest BCUT2D eigenvalue weighted by Crippen LogP contribution is 2.62. The zero-order chi connectivity index (χ0) is 16.5. The molecule has 0 aromatic carbocycles. The Morgan fingerprint density at radius 3 is 2.74 bits per heavy atom. The molecule has 0 aromatic rings. The molecule has 0 radical (unpaired) electrons. The number of terminal acetylenes is 1. The molecule has 0 aromatic heterocycles. The molecular weight excluding hydrogens is 284 g/mol. The van der Waals surface area contributed by atoms with Crippen LogP contribution in [-0.2, 0) is 0 Å². The predicted molar refractivity (Wildman–Crippen MR) is 91.3 cm³/mol. The molecule has 6 atom stereocenters. The molecule has 1 saturated carbocycles. The number of hydrogen-bond acceptors (Lipinski definition) is 2. The van der Waals surface area contributed by atoms with E-state index >= 15 is 0 Å². The van der Waals surface area contributed by atoms with E-state index in [9.17, 15) is 10.2 Å². The van der Waals surface area contributed by atoms with E-state index in [4.69, 9.17) is 6.42 Å². The number of aliphatic hydroxyl groups excluding tert-OH is 1. The van der Waals surface area contributed by atoms with Crippen LogP contribution in [0.15, 0.2) is 47.6 Å². The lowest BCUT2D eigenvalue weighted by Gasteiger charge is -2.53. The van der Waals surface area contributed by atoms with Gasteiger partial charge in [-0.25, -0.2) is 0 Å². The molecule has 4 aliphatic carbocycles. The van der Waals surface area contributed by atoms with Crippen molar-refractivity contribution in [2.24, 2.45) is 22.7 Å². The Labute approximate surface area is 138 Å². The summed E-state index contributed by atoms with van der Waals surface area (Å²) in [6, 6.07) is 0. The molecule has 2 nitrogen and oxygen atoms in total. The van der Waals surface area contributed by atoms with E-state index in [1.54, 1.807) is 0 Å². The summed E-state index contributed by atoms with van der Waals surface area (Å²) in [6.07, 6.45) is 20.4. The van der Waals surface area contributed by atoms with Gasteiger partial charge in [0.15, 0.2) is 0 Å². The van der Waals surface area contributed by atoms with E-state index in [2.05, 4.69) is 44.1 Å². The van der Waals surface area contributed by atoms with Crippen molar-refractivity contribution in [3.05, 3.63) is 47.6 Å². The SMILES string of the molecule is C#C[C@]1(O)C=CC2C3=CC=C4C[C@@H](O)C=C[C@]4(C)C3CC[C@@]21C. The largest absolute Gasteiger partial charge is 0.389 e. The van der Waals surface area contributed by atoms with Gasteiger partial charge in [0, 0.05) is 16.7 Å². The maximum Gasteiger partial charge on any atom is 0.150 e. The topological polar surface area (TPSA) is 40.5 Å². The third-order valence-corrected chi connectivity index (χ3v) is 7.01. The van der Waals surface area contributed by atoms with Gasteiger partial charge in [0.2, 0.25) is 0 Å². The first-order valence-electron chi connectivity index (χ1n) is 8.52. The average molecular weight is 308 g/mol. The minimum absolute atomic E-state index is 0.0185. The first-order valence-corrected chi connectivity index (χ1v) is 8.52. The smallest absolute Gasteiger partial charge is 0.150 e. The molecule has 0 amide bonds. The van der Waals surface area contributed by atoms with Crippen LogP contribution >= 0.6 is 0 Å². The van der Waals surface area contributed by atoms with Gasteiger partial charge in [-0.05, 0) is 31.3 Å². The second kappa shape index (κ2) is 4.50. The van der Waals surface area contributed by atoms with Crippen molar-refractivity contribution in [2.45, 2.75) is 44.8 Å². The van der Waals surface area contributed by atoms with E-state index in [0.29, 0.717) is 5.92 Å². The molecule has 4 aliphatic rings. The molecule has 0 spiro atoms. The quantitative estimate of drug-likeness (QED) is 0.533. The minimum Gasteiger partial charge on any atom is -0.389 e. The van der Waals surface area contributed by atoms with Crippen molar-refractivity contribution < 1.29 is 10.2 Å². The minimum atomic E-state index is -1.15. The van der Waals surface area contributed by atoms with Crippen molar-refractivity contribution in [1.82, 2.24) is 0 Å². The van der Waals surface area contributed by atoms with Gasteiger partial charge >= 0.3 is 0 Å². The summed E-state index contributed by atoms with van der Waals surface area (Å²) in [5.41, 5.74) is 1.22. The van der Waals surface area contributed by atoms with E-state index in [1.165, 1.54) is 11.1 Å². The maximum atomic E-state index is 10.9. The molecule has 1 fully saturated rings. The van der Waals surface area contributed by atoms with Crippen LogP contribution in [0.5, 0.6) is 0 Å².